The number of rotatable bonds is 12. The van der Waals surface area contributed by atoms with E-state index < -0.39 is 47.6 Å². The van der Waals surface area contributed by atoms with Crippen molar-refractivity contribution in [2.75, 3.05) is 5.43 Å². The number of hydrogen-bond donors (Lipinski definition) is 5. The van der Waals surface area contributed by atoms with Gasteiger partial charge in [0.05, 0.1) is 5.69 Å². The molecule has 0 bridgehead atoms. The highest BCUT2D eigenvalue weighted by molar-refractivity contribution is 5.94. The van der Waals surface area contributed by atoms with Gasteiger partial charge in [-0.15, -0.1) is 0 Å². The van der Waals surface area contributed by atoms with Crippen LogP contribution in [0.2, 0.25) is 0 Å². The van der Waals surface area contributed by atoms with E-state index in [4.69, 9.17) is 9.47 Å². The minimum Gasteiger partial charge on any atom is -0.451 e. The van der Waals surface area contributed by atoms with Crippen LogP contribution in [0.4, 0.5) is 10.5 Å². The molecule has 1 saturated heterocycles. The molecule has 0 radical (unpaired) electrons. The fraction of sp³-hybridized carbons (Fsp3) is 0.607. The summed E-state index contributed by atoms with van der Waals surface area (Å²) in [5.41, 5.74) is 5.35. The van der Waals surface area contributed by atoms with Crippen molar-refractivity contribution in [3.63, 3.8) is 0 Å². The topological polar surface area (TPSA) is 164 Å². The molecule has 2 fully saturated rings. The molecule has 12 heteroatoms. The second-order valence-corrected chi connectivity index (χ2v) is 11.5. The Kier molecular flexibility index (Phi) is 9.99. The van der Waals surface area contributed by atoms with Crippen molar-refractivity contribution in [1.29, 1.82) is 0 Å². The molecule has 220 valence electrons. The van der Waals surface area contributed by atoms with Crippen molar-refractivity contribution in [2.45, 2.75) is 90.6 Å². The molecule has 1 saturated carbocycles. The fourth-order valence-electron chi connectivity index (χ4n) is 4.40. The van der Waals surface area contributed by atoms with Crippen LogP contribution in [0.5, 0.6) is 0 Å². The molecule has 7 unspecified atom stereocenters. The predicted octanol–water partition coefficient (Wildman–Crippen LogP) is 2.01. The van der Waals surface area contributed by atoms with Crippen LogP contribution in [0.3, 0.4) is 0 Å². The van der Waals surface area contributed by atoms with Crippen molar-refractivity contribution in [3.8, 4) is 0 Å². The van der Waals surface area contributed by atoms with Crippen LogP contribution in [-0.2, 0) is 28.7 Å². The number of hydrazine groups is 1. The molecule has 1 heterocycles. The van der Waals surface area contributed by atoms with Crippen molar-refractivity contribution >= 4 is 35.5 Å². The Morgan fingerprint density at radius 2 is 1.73 bits per heavy atom. The number of cyclic esters (lactones) is 1. The summed E-state index contributed by atoms with van der Waals surface area (Å²) in [4.78, 5) is 62.7. The molecule has 1 aliphatic carbocycles. The number of carbonyl (C=O) groups is 5. The maximum atomic E-state index is 13.1. The lowest BCUT2D eigenvalue weighted by molar-refractivity contribution is -0.193. The Morgan fingerprint density at radius 1 is 1.05 bits per heavy atom. The third-order valence-corrected chi connectivity index (χ3v) is 7.01. The Balaban J connectivity index is 1.58. The third-order valence-electron chi connectivity index (χ3n) is 7.01. The van der Waals surface area contributed by atoms with Crippen molar-refractivity contribution in [2.24, 2.45) is 17.8 Å². The van der Waals surface area contributed by atoms with Crippen LogP contribution < -0.4 is 26.8 Å². The highest BCUT2D eigenvalue weighted by Crippen LogP contribution is 2.37. The summed E-state index contributed by atoms with van der Waals surface area (Å²) in [6.45, 7) is 10.5. The minimum absolute atomic E-state index is 0.0312. The van der Waals surface area contributed by atoms with E-state index in [1.165, 1.54) is 6.92 Å². The highest BCUT2D eigenvalue weighted by Gasteiger charge is 2.51. The van der Waals surface area contributed by atoms with Crippen LogP contribution in [0, 0.1) is 17.8 Å². The number of carbonyl (C=O) groups excluding carboxylic acids is 5. The Bertz CT molecular complexity index is 1090. The smallest absolute Gasteiger partial charge is 0.408 e. The molecular formula is C28H41N5O7. The first-order chi connectivity index (χ1) is 18.8. The Morgan fingerprint density at radius 3 is 2.33 bits per heavy atom. The largest absolute Gasteiger partial charge is 0.451 e. The standard InChI is InChI=1S/C28H41N5O7/c1-7-15(2)21-22(39-26(21)37)25(36)30-19-13-17(19)14-20(24(35)33-32-18-11-9-8-10-12-18)31-23(34)16(3)29-27(38)40-28(4,5)6/h8-12,15-17,19-22,32H,7,13-14H2,1-6H3,(H,29,38)(H,30,36)(H,31,34)(H,33,35). The van der Waals surface area contributed by atoms with E-state index in [2.05, 4.69) is 26.8 Å². The van der Waals surface area contributed by atoms with Gasteiger partial charge < -0.3 is 25.4 Å². The fourth-order valence-corrected chi connectivity index (χ4v) is 4.40. The van der Waals surface area contributed by atoms with Gasteiger partial charge in [0.15, 0.2) is 6.10 Å². The number of nitrogens with one attached hydrogen (secondary N) is 5. The second kappa shape index (κ2) is 13.0. The quantitative estimate of drug-likeness (QED) is 0.192. The van der Waals surface area contributed by atoms with Crippen molar-refractivity contribution < 1.29 is 33.4 Å². The third kappa shape index (κ3) is 8.59. The summed E-state index contributed by atoms with van der Waals surface area (Å²) in [5, 5.41) is 8.09. The molecule has 1 aromatic carbocycles. The molecule has 4 amide bonds. The average Bonchev–Trinajstić information content (AvgIpc) is 3.60. The summed E-state index contributed by atoms with van der Waals surface area (Å²) in [6, 6.07) is 6.87. The zero-order valence-corrected chi connectivity index (χ0v) is 23.9. The van der Waals surface area contributed by atoms with E-state index >= 15 is 0 Å². The van der Waals surface area contributed by atoms with Crippen LogP contribution >= 0.6 is 0 Å². The molecule has 1 aromatic rings. The predicted molar refractivity (Wildman–Crippen MR) is 146 cm³/mol. The first-order valence-electron chi connectivity index (χ1n) is 13.7. The van der Waals surface area contributed by atoms with E-state index in [-0.39, 0.29) is 36.2 Å². The zero-order chi connectivity index (χ0) is 29.6. The number of ether oxygens (including phenoxy) is 2. The van der Waals surface area contributed by atoms with E-state index in [0.717, 1.165) is 6.42 Å². The van der Waals surface area contributed by atoms with Gasteiger partial charge >= 0.3 is 12.1 Å². The maximum Gasteiger partial charge on any atom is 0.408 e. The van der Waals surface area contributed by atoms with Gasteiger partial charge in [-0.25, -0.2) is 4.79 Å². The Hall–Kier alpha value is -3.83. The molecule has 0 aromatic heterocycles. The lowest BCUT2D eigenvalue weighted by Gasteiger charge is -2.37. The van der Waals surface area contributed by atoms with Crippen molar-refractivity contribution in [3.05, 3.63) is 30.3 Å². The highest BCUT2D eigenvalue weighted by atomic mass is 16.6. The van der Waals surface area contributed by atoms with Gasteiger partial charge in [0, 0.05) is 6.04 Å². The molecule has 0 spiro atoms. The van der Waals surface area contributed by atoms with E-state index in [0.29, 0.717) is 12.1 Å². The van der Waals surface area contributed by atoms with Crippen molar-refractivity contribution in [1.82, 2.24) is 21.4 Å². The van der Waals surface area contributed by atoms with Gasteiger partial charge in [-0.2, -0.15) is 0 Å². The lowest BCUT2D eigenvalue weighted by Crippen LogP contribution is -2.57. The molecule has 12 nitrogen and oxygen atoms in total. The minimum atomic E-state index is -0.965. The number of amides is 4. The summed E-state index contributed by atoms with van der Waals surface area (Å²) < 4.78 is 10.3. The molecular weight excluding hydrogens is 518 g/mol. The number of esters is 1. The number of anilines is 1. The molecule has 40 heavy (non-hydrogen) atoms. The molecule has 7 atom stereocenters. The van der Waals surface area contributed by atoms with Crippen LogP contribution in [0.1, 0.15) is 60.8 Å². The number of para-hydroxylation sites is 1. The van der Waals surface area contributed by atoms with Gasteiger partial charge in [0.25, 0.3) is 11.8 Å². The lowest BCUT2D eigenvalue weighted by atomic mass is 9.83. The molecule has 1 aliphatic heterocycles. The van der Waals surface area contributed by atoms with E-state index in [1.807, 2.05) is 19.9 Å². The van der Waals surface area contributed by atoms with Gasteiger partial charge in [-0.05, 0) is 64.5 Å². The monoisotopic (exact) mass is 559 g/mol. The summed E-state index contributed by atoms with van der Waals surface area (Å²) in [7, 11) is 0. The number of benzene rings is 1. The van der Waals surface area contributed by atoms with Crippen LogP contribution in [0.25, 0.3) is 0 Å². The van der Waals surface area contributed by atoms with Crippen LogP contribution in [-0.4, -0.2) is 59.6 Å². The Labute approximate surface area is 234 Å². The SMILES string of the molecule is CCC(C)C1C(=O)OC1C(=O)NC1CC1CC(NC(=O)C(C)NC(=O)OC(C)(C)C)C(=O)NNc1ccccc1. The zero-order valence-electron chi connectivity index (χ0n) is 23.9. The number of hydrogen-bond acceptors (Lipinski definition) is 8. The summed E-state index contributed by atoms with van der Waals surface area (Å²) in [5.74, 6) is -2.26. The van der Waals surface area contributed by atoms with Gasteiger partial charge in [0.1, 0.15) is 23.6 Å². The summed E-state index contributed by atoms with van der Waals surface area (Å²) in [6.07, 6.45) is 0.0520. The first kappa shape index (κ1) is 30.7. The molecule has 3 rings (SSSR count). The van der Waals surface area contributed by atoms with E-state index in [1.54, 1.807) is 45.0 Å². The van der Waals surface area contributed by atoms with Gasteiger partial charge in [-0.3, -0.25) is 30.0 Å². The van der Waals surface area contributed by atoms with E-state index in [9.17, 15) is 24.0 Å². The van der Waals surface area contributed by atoms with Gasteiger partial charge in [-0.1, -0.05) is 38.5 Å². The van der Waals surface area contributed by atoms with Gasteiger partial charge in [0.2, 0.25) is 5.91 Å². The second-order valence-electron chi connectivity index (χ2n) is 11.5. The molecule has 2 aliphatic rings. The average molecular weight is 560 g/mol. The van der Waals surface area contributed by atoms with Crippen LogP contribution in [0.15, 0.2) is 30.3 Å². The number of alkyl carbamates (subject to hydrolysis) is 1. The maximum absolute atomic E-state index is 13.1. The first-order valence-corrected chi connectivity index (χ1v) is 13.7. The normalized spacial score (nSPS) is 23.7. The summed E-state index contributed by atoms with van der Waals surface area (Å²) >= 11 is 0. The molecule has 5 N–H and O–H groups in total.